The highest BCUT2D eigenvalue weighted by Gasteiger charge is 2.21. The molecule has 0 aliphatic carbocycles. The van der Waals surface area contributed by atoms with Crippen LogP contribution in [0.4, 0.5) is 0 Å². The van der Waals surface area contributed by atoms with Crippen LogP contribution in [0.5, 0.6) is 11.5 Å². The van der Waals surface area contributed by atoms with E-state index >= 15 is 0 Å². The number of carboxylic acid groups (broad SMARTS) is 1. The predicted octanol–water partition coefficient (Wildman–Crippen LogP) is 1.69. The molecule has 0 saturated carbocycles. The van der Waals surface area contributed by atoms with Crippen molar-refractivity contribution in [2.45, 2.75) is 12.5 Å². The second-order valence-electron chi connectivity index (χ2n) is 3.69. The lowest BCUT2D eigenvalue weighted by atomic mass is 10.1. The van der Waals surface area contributed by atoms with Gasteiger partial charge in [0.2, 0.25) is 0 Å². The van der Waals surface area contributed by atoms with Crippen molar-refractivity contribution in [1.29, 1.82) is 0 Å². The van der Waals surface area contributed by atoms with Gasteiger partial charge in [0.1, 0.15) is 6.04 Å². The summed E-state index contributed by atoms with van der Waals surface area (Å²) >= 11 is 3.29. The maximum Gasteiger partial charge on any atom is 0.325 e. The Labute approximate surface area is 107 Å². The van der Waals surface area contributed by atoms with Crippen molar-refractivity contribution in [3.05, 3.63) is 22.2 Å². The third kappa shape index (κ3) is 2.53. The number of rotatable bonds is 2. The topological polar surface area (TPSA) is 81.8 Å². The summed E-state index contributed by atoms with van der Waals surface area (Å²) < 4.78 is 11.6. The van der Waals surface area contributed by atoms with E-state index in [2.05, 4.69) is 15.9 Å². The molecule has 1 aliphatic rings. The van der Waals surface area contributed by atoms with E-state index in [-0.39, 0.29) is 0 Å². The van der Waals surface area contributed by atoms with Gasteiger partial charge in [-0.15, -0.1) is 0 Å². The van der Waals surface area contributed by atoms with Crippen LogP contribution in [0.15, 0.2) is 16.6 Å². The Morgan fingerprint density at radius 1 is 1.35 bits per heavy atom. The van der Waals surface area contributed by atoms with Crippen LogP contribution in [-0.4, -0.2) is 24.3 Å². The number of nitrogens with two attached hydrogens (primary N) is 1. The van der Waals surface area contributed by atoms with Gasteiger partial charge in [-0.05, 0) is 17.7 Å². The number of aliphatic carboxylic acids is 1. The van der Waals surface area contributed by atoms with Crippen molar-refractivity contribution in [2.75, 3.05) is 13.2 Å². The Hall–Kier alpha value is -1.27. The Bertz CT molecular complexity index is 449. The molecule has 1 heterocycles. The molecule has 17 heavy (non-hydrogen) atoms. The summed E-state index contributed by atoms with van der Waals surface area (Å²) in [5.41, 5.74) is 6.06. The number of hydrogen-bond donors (Lipinski definition) is 2. The van der Waals surface area contributed by atoms with Gasteiger partial charge < -0.3 is 20.3 Å². The Kier molecular flexibility index (Phi) is 3.54. The quantitative estimate of drug-likeness (QED) is 0.869. The third-order valence-electron chi connectivity index (χ3n) is 2.47. The summed E-state index contributed by atoms with van der Waals surface area (Å²) in [7, 11) is 0. The molecular formula is C11H12BrNO4. The van der Waals surface area contributed by atoms with Gasteiger partial charge in [0.05, 0.1) is 13.2 Å². The molecule has 0 saturated heterocycles. The van der Waals surface area contributed by atoms with Crippen LogP contribution in [0, 0.1) is 0 Å². The Morgan fingerprint density at radius 3 is 2.53 bits per heavy atom. The zero-order valence-corrected chi connectivity index (χ0v) is 10.6. The molecule has 3 N–H and O–H groups in total. The Morgan fingerprint density at radius 2 is 1.94 bits per heavy atom. The molecule has 1 aromatic carbocycles. The first kappa shape index (κ1) is 12.2. The van der Waals surface area contributed by atoms with E-state index in [1.54, 1.807) is 12.1 Å². The van der Waals surface area contributed by atoms with E-state index in [0.717, 1.165) is 6.42 Å². The van der Waals surface area contributed by atoms with Crippen LogP contribution >= 0.6 is 15.9 Å². The third-order valence-corrected chi connectivity index (χ3v) is 3.15. The SMILES string of the molecule is NC(C(=O)O)c1cc2c(cc1Br)OCCCO2. The molecule has 0 bridgehead atoms. The van der Waals surface area contributed by atoms with Crippen molar-refractivity contribution >= 4 is 21.9 Å². The molecule has 2 rings (SSSR count). The molecule has 92 valence electrons. The summed E-state index contributed by atoms with van der Waals surface area (Å²) in [6.45, 7) is 1.14. The maximum atomic E-state index is 10.9. The van der Waals surface area contributed by atoms with Crippen molar-refractivity contribution in [1.82, 2.24) is 0 Å². The Balaban J connectivity index is 2.42. The molecule has 0 radical (unpaired) electrons. The summed E-state index contributed by atoms with van der Waals surface area (Å²) in [6, 6.07) is 2.23. The summed E-state index contributed by atoms with van der Waals surface area (Å²) in [4.78, 5) is 10.9. The number of carbonyl (C=O) groups is 1. The molecular weight excluding hydrogens is 290 g/mol. The van der Waals surface area contributed by atoms with Gasteiger partial charge in [0.15, 0.2) is 11.5 Å². The van der Waals surface area contributed by atoms with Gasteiger partial charge in [-0.25, -0.2) is 0 Å². The van der Waals surface area contributed by atoms with E-state index < -0.39 is 12.0 Å². The second-order valence-corrected chi connectivity index (χ2v) is 4.54. The van der Waals surface area contributed by atoms with Crippen molar-refractivity contribution < 1.29 is 19.4 Å². The van der Waals surface area contributed by atoms with Crippen molar-refractivity contribution in [2.24, 2.45) is 5.73 Å². The smallest absolute Gasteiger partial charge is 0.325 e. The second kappa shape index (κ2) is 4.93. The van der Waals surface area contributed by atoms with Gasteiger partial charge >= 0.3 is 5.97 Å². The minimum Gasteiger partial charge on any atom is -0.490 e. The number of carboxylic acids is 1. The molecule has 0 amide bonds. The molecule has 1 aromatic rings. The summed E-state index contributed by atoms with van der Waals surface area (Å²) in [5.74, 6) is 0.0632. The zero-order valence-electron chi connectivity index (χ0n) is 8.98. The molecule has 0 aromatic heterocycles. The monoisotopic (exact) mass is 301 g/mol. The largest absolute Gasteiger partial charge is 0.490 e. The molecule has 5 nitrogen and oxygen atoms in total. The first-order valence-corrected chi connectivity index (χ1v) is 5.96. The van der Waals surface area contributed by atoms with E-state index in [9.17, 15) is 4.79 Å². The standard InChI is InChI=1S/C11H12BrNO4/c12-7-5-9-8(16-2-1-3-17-9)4-6(7)10(13)11(14)15/h4-5,10H,1-3,13H2,(H,14,15). The number of fused-ring (bicyclic) bond motifs is 1. The van der Waals surface area contributed by atoms with Crippen molar-refractivity contribution in [3.8, 4) is 11.5 Å². The van der Waals surface area contributed by atoms with E-state index in [4.69, 9.17) is 20.3 Å². The van der Waals surface area contributed by atoms with Crippen molar-refractivity contribution in [3.63, 3.8) is 0 Å². The molecule has 1 unspecified atom stereocenters. The predicted molar refractivity (Wildman–Crippen MR) is 64.3 cm³/mol. The van der Waals surface area contributed by atoms with Crippen LogP contribution in [0.3, 0.4) is 0 Å². The zero-order chi connectivity index (χ0) is 12.4. The van der Waals surface area contributed by atoms with Gasteiger partial charge in [0, 0.05) is 10.9 Å². The average molecular weight is 302 g/mol. The van der Waals surface area contributed by atoms with Crippen LogP contribution in [0.25, 0.3) is 0 Å². The lowest BCUT2D eigenvalue weighted by Crippen LogP contribution is -2.21. The molecule has 6 heteroatoms. The van der Waals surface area contributed by atoms with Crippen LogP contribution in [0.1, 0.15) is 18.0 Å². The highest BCUT2D eigenvalue weighted by Crippen LogP contribution is 2.37. The fourth-order valence-electron chi connectivity index (χ4n) is 1.57. The average Bonchev–Trinajstić information content (AvgIpc) is 2.51. The number of benzene rings is 1. The lowest BCUT2D eigenvalue weighted by Gasteiger charge is -2.14. The van der Waals surface area contributed by atoms with Crippen LogP contribution < -0.4 is 15.2 Å². The fraction of sp³-hybridized carbons (Fsp3) is 0.364. The normalized spacial score (nSPS) is 16.1. The van der Waals surface area contributed by atoms with E-state index in [1.807, 2.05) is 0 Å². The minimum atomic E-state index is -1.08. The molecule has 0 fully saturated rings. The summed E-state index contributed by atoms with van der Waals surface area (Å²) in [6.07, 6.45) is 0.798. The first-order chi connectivity index (χ1) is 8.09. The number of hydrogen-bond acceptors (Lipinski definition) is 4. The maximum absolute atomic E-state index is 10.9. The van der Waals surface area contributed by atoms with Gasteiger partial charge in [-0.3, -0.25) is 4.79 Å². The highest BCUT2D eigenvalue weighted by molar-refractivity contribution is 9.10. The molecule has 1 aliphatic heterocycles. The number of ether oxygens (including phenoxy) is 2. The van der Waals surface area contributed by atoms with Gasteiger partial charge in [0.25, 0.3) is 0 Å². The van der Waals surface area contributed by atoms with Gasteiger partial charge in [-0.1, -0.05) is 15.9 Å². The summed E-state index contributed by atoms with van der Waals surface area (Å²) in [5, 5.41) is 8.90. The van der Waals surface area contributed by atoms with Crippen LogP contribution in [-0.2, 0) is 4.79 Å². The number of halogens is 1. The van der Waals surface area contributed by atoms with Gasteiger partial charge in [-0.2, -0.15) is 0 Å². The van der Waals surface area contributed by atoms with E-state index in [1.165, 1.54) is 0 Å². The first-order valence-electron chi connectivity index (χ1n) is 5.17. The van der Waals surface area contributed by atoms with E-state index in [0.29, 0.717) is 34.7 Å². The van der Waals surface area contributed by atoms with Crippen LogP contribution in [0.2, 0.25) is 0 Å². The fourth-order valence-corrected chi connectivity index (χ4v) is 2.14. The molecule has 1 atom stereocenters. The minimum absolute atomic E-state index is 0.474. The molecule has 0 spiro atoms. The highest BCUT2D eigenvalue weighted by atomic mass is 79.9. The lowest BCUT2D eigenvalue weighted by molar-refractivity contribution is -0.138.